The van der Waals surface area contributed by atoms with Crippen molar-refractivity contribution >= 4 is 52.6 Å². The molecule has 0 saturated heterocycles. The summed E-state index contributed by atoms with van der Waals surface area (Å²) in [6.07, 6.45) is 1.89. The molecule has 2 rings (SSSR count). The lowest BCUT2D eigenvalue weighted by Gasteiger charge is -2.14. The van der Waals surface area contributed by atoms with Crippen molar-refractivity contribution in [2.24, 2.45) is 4.99 Å². The fraction of sp³-hybridized carbons (Fsp3) is 0.562. The van der Waals surface area contributed by atoms with Crippen LogP contribution in [0.25, 0.3) is 0 Å². The lowest BCUT2D eigenvalue weighted by molar-refractivity contribution is 0.570. The van der Waals surface area contributed by atoms with Crippen LogP contribution in [0.15, 0.2) is 16.6 Å². The molecule has 0 saturated carbocycles. The number of halogens is 1. The molecule has 0 aromatic carbocycles. The molecule has 0 radical (unpaired) electrons. The zero-order valence-corrected chi connectivity index (χ0v) is 18.8. The molecule has 2 aromatic heterocycles. The van der Waals surface area contributed by atoms with Gasteiger partial charge in [-0.2, -0.15) is 0 Å². The molecule has 0 aliphatic heterocycles. The summed E-state index contributed by atoms with van der Waals surface area (Å²) in [5, 5.41) is 10.8. The number of aliphatic imine (C=N–C) groups is 1. The fourth-order valence-electron chi connectivity index (χ4n) is 1.86. The minimum atomic E-state index is 0. The van der Waals surface area contributed by atoms with Gasteiger partial charge >= 0.3 is 0 Å². The third kappa shape index (κ3) is 6.64. The lowest BCUT2D eigenvalue weighted by atomic mass is 9.93. The standard InChI is InChI=1S/C16H25N5S2.HI/c1-6-17-15(19-8-13-18-7-11(2)23-13)20-9-14-21-12(10-22-14)16(3,4)5;/h7,10H,6,8-9H2,1-5H3,(H2,17,19,20);1H. The first-order valence-corrected chi connectivity index (χ1v) is 9.46. The van der Waals surface area contributed by atoms with Gasteiger partial charge in [-0.1, -0.05) is 20.8 Å². The number of hydrogen-bond donors (Lipinski definition) is 2. The van der Waals surface area contributed by atoms with Gasteiger partial charge in [0.25, 0.3) is 0 Å². The van der Waals surface area contributed by atoms with Gasteiger partial charge in [0.1, 0.15) is 10.0 Å². The summed E-state index contributed by atoms with van der Waals surface area (Å²) in [6, 6.07) is 0. The van der Waals surface area contributed by atoms with Gasteiger partial charge in [-0.25, -0.2) is 15.0 Å². The molecule has 0 aliphatic rings. The Labute approximate surface area is 169 Å². The van der Waals surface area contributed by atoms with Crippen molar-refractivity contribution < 1.29 is 0 Å². The fourth-order valence-corrected chi connectivity index (χ4v) is 3.53. The van der Waals surface area contributed by atoms with E-state index in [1.165, 1.54) is 4.88 Å². The van der Waals surface area contributed by atoms with Crippen molar-refractivity contribution in [3.63, 3.8) is 0 Å². The normalized spacial score (nSPS) is 12.0. The molecule has 2 N–H and O–H groups in total. The third-order valence-corrected chi connectivity index (χ3v) is 4.86. The van der Waals surface area contributed by atoms with Gasteiger partial charge < -0.3 is 10.6 Å². The number of nitrogens with one attached hydrogen (secondary N) is 2. The first-order chi connectivity index (χ1) is 10.9. The number of thiazole rings is 2. The van der Waals surface area contributed by atoms with E-state index in [0.717, 1.165) is 28.2 Å². The highest BCUT2D eigenvalue weighted by Gasteiger charge is 2.17. The molecule has 0 fully saturated rings. The van der Waals surface area contributed by atoms with Gasteiger partial charge in [0.05, 0.1) is 18.8 Å². The lowest BCUT2D eigenvalue weighted by Crippen LogP contribution is -2.36. The third-order valence-electron chi connectivity index (χ3n) is 3.11. The molecular formula is C16H26IN5S2. The molecule has 0 spiro atoms. The summed E-state index contributed by atoms with van der Waals surface area (Å²) in [6.45, 7) is 12.8. The maximum atomic E-state index is 4.70. The minimum absolute atomic E-state index is 0. The van der Waals surface area contributed by atoms with Crippen LogP contribution >= 0.6 is 46.7 Å². The first kappa shape index (κ1) is 21.3. The minimum Gasteiger partial charge on any atom is -0.357 e. The van der Waals surface area contributed by atoms with Crippen LogP contribution in [0.1, 0.15) is 48.3 Å². The topological polar surface area (TPSA) is 62.2 Å². The van der Waals surface area contributed by atoms with Gasteiger partial charge in [0, 0.05) is 28.4 Å². The predicted octanol–water partition coefficient (Wildman–Crippen LogP) is 4.08. The Balaban J connectivity index is 0.00000288. The van der Waals surface area contributed by atoms with Crippen LogP contribution in [-0.2, 0) is 18.5 Å². The summed E-state index contributed by atoms with van der Waals surface area (Å²) in [5.41, 5.74) is 1.23. The summed E-state index contributed by atoms with van der Waals surface area (Å²) in [5.74, 6) is 0.799. The van der Waals surface area contributed by atoms with Crippen LogP contribution < -0.4 is 10.6 Å². The van der Waals surface area contributed by atoms with E-state index in [4.69, 9.17) is 4.98 Å². The highest BCUT2D eigenvalue weighted by molar-refractivity contribution is 14.0. The van der Waals surface area contributed by atoms with E-state index in [2.05, 4.69) is 60.6 Å². The first-order valence-electron chi connectivity index (χ1n) is 7.77. The Hall–Kier alpha value is -0.740. The predicted molar refractivity (Wildman–Crippen MR) is 115 cm³/mol. The van der Waals surface area contributed by atoms with Crippen LogP contribution in [-0.4, -0.2) is 22.5 Å². The summed E-state index contributed by atoms with van der Waals surface area (Å²) in [4.78, 5) is 14.8. The second kappa shape index (κ2) is 9.67. The van der Waals surface area contributed by atoms with E-state index in [9.17, 15) is 0 Å². The van der Waals surface area contributed by atoms with Crippen molar-refractivity contribution in [2.75, 3.05) is 6.54 Å². The number of guanidine groups is 1. The highest BCUT2D eigenvalue weighted by Crippen LogP contribution is 2.23. The Morgan fingerprint density at radius 2 is 2.00 bits per heavy atom. The molecule has 0 unspecified atom stereocenters. The average Bonchev–Trinajstić information content (AvgIpc) is 3.10. The van der Waals surface area contributed by atoms with E-state index < -0.39 is 0 Å². The zero-order chi connectivity index (χ0) is 16.9. The molecule has 0 bridgehead atoms. The average molecular weight is 479 g/mol. The quantitative estimate of drug-likeness (QED) is 0.386. The van der Waals surface area contributed by atoms with Gasteiger partial charge in [0.2, 0.25) is 0 Å². The maximum Gasteiger partial charge on any atom is 0.192 e. The summed E-state index contributed by atoms with van der Waals surface area (Å²) >= 11 is 3.37. The molecule has 0 aliphatic carbocycles. The van der Waals surface area contributed by atoms with Gasteiger partial charge in [-0.15, -0.1) is 46.7 Å². The number of aromatic nitrogens is 2. The van der Waals surface area contributed by atoms with Crippen molar-refractivity contribution in [1.29, 1.82) is 0 Å². The van der Waals surface area contributed by atoms with Crippen molar-refractivity contribution in [1.82, 2.24) is 20.6 Å². The molecule has 0 atom stereocenters. The molecule has 8 heteroatoms. The van der Waals surface area contributed by atoms with Crippen LogP contribution in [0.2, 0.25) is 0 Å². The SMILES string of the molecule is CCNC(=NCc1ncc(C)s1)NCc1nc(C(C)(C)C)cs1.I. The monoisotopic (exact) mass is 479 g/mol. The second-order valence-electron chi connectivity index (χ2n) is 6.29. The largest absolute Gasteiger partial charge is 0.357 e. The van der Waals surface area contributed by atoms with E-state index in [-0.39, 0.29) is 29.4 Å². The summed E-state index contributed by atoms with van der Waals surface area (Å²) < 4.78 is 0. The molecular weight excluding hydrogens is 453 g/mol. The van der Waals surface area contributed by atoms with Crippen LogP contribution in [0.4, 0.5) is 0 Å². The highest BCUT2D eigenvalue weighted by atomic mass is 127. The van der Waals surface area contributed by atoms with E-state index in [1.54, 1.807) is 22.7 Å². The number of nitrogens with zero attached hydrogens (tertiary/aromatic N) is 3. The Morgan fingerprint density at radius 3 is 2.54 bits per heavy atom. The maximum absolute atomic E-state index is 4.70. The molecule has 2 heterocycles. The van der Waals surface area contributed by atoms with Gasteiger partial charge in [0.15, 0.2) is 5.96 Å². The van der Waals surface area contributed by atoms with E-state index in [0.29, 0.717) is 13.1 Å². The van der Waals surface area contributed by atoms with Crippen molar-refractivity contribution in [3.05, 3.63) is 32.2 Å². The Bertz CT molecular complexity index is 657. The molecule has 0 amide bonds. The number of aryl methyl sites for hydroxylation is 1. The van der Waals surface area contributed by atoms with Crippen LogP contribution in [0.5, 0.6) is 0 Å². The molecule has 5 nitrogen and oxygen atoms in total. The van der Waals surface area contributed by atoms with Crippen molar-refractivity contribution in [2.45, 2.75) is 53.1 Å². The van der Waals surface area contributed by atoms with Crippen molar-refractivity contribution in [3.8, 4) is 0 Å². The van der Waals surface area contributed by atoms with Crippen LogP contribution in [0.3, 0.4) is 0 Å². The second-order valence-corrected chi connectivity index (χ2v) is 8.55. The van der Waals surface area contributed by atoms with Gasteiger partial charge in [-0.3, -0.25) is 0 Å². The molecule has 24 heavy (non-hydrogen) atoms. The Kier molecular flexibility index (Phi) is 8.58. The number of rotatable bonds is 5. The molecule has 134 valence electrons. The van der Waals surface area contributed by atoms with Gasteiger partial charge in [-0.05, 0) is 13.8 Å². The number of hydrogen-bond acceptors (Lipinski definition) is 5. The Morgan fingerprint density at radius 1 is 1.25 bits per heavy atom. The molecule has 2 aromatic rings. The van der Waals surface area contributed by atoms with Crippen LogP contribution in [0, 0.1) is 6.92 Å². The smallest absolute Gasteiger partial charge is 0.192 e. The van der Waals surface area contributed by atoms with E-state index in [1.807, 2.05) is 6.20 Å². The summed E-state index contributed by atoms with van der Waals surface area (Å²) in [7, 11) is 0. The zero-order valence-electron chi connectivity index (χ0n) is 14.8. The van der Waals surface area contributed by atoms with E-state index >= 15 is 0 Å².